The third-order valence-electron chi connectivity index (χ3n) is 3.58. The second-order valence-corrected chi connectivity index (χ2v) is 5.19. The molecule has 2 aromatic rings. The van der Waals surface area contributed by atoms with E-state index in [-0.39, 0.29) is 5.91 Å². The van der Waals surface area contributed by atoms with Crippen LogP contribution in [-0.2, 0) is 0 Å². The number of anilines is 2. The van der Waals surface area contributed by atoms with Gasteiger partial charge in [0.05, 0.1) is 11.9 Å². The van der Waals surface area contributed by atoms with E-state index in [2.05, 4.69) is 10.3 Å². The van der Waals surface area contributed by atoms with Gasteiger partial charge in [-0.15, -0.1) is 0 Å². The lowest BCUT2D eigenvalue weighted by atomic mass is 10.2. The summed E-state index contributed by atoms with van der Waals surface area (Å²) >= 11 is 0. The topological polar surface area (TPSA) is 45.2 Å². The molecule has 114 valence electrons. The zero-order valence-corrected chi connectivity index (χ0v) is 11.9. The van der Waals surface area contributed by atoms with Crippen LogP contribution in [0.4, 0.5) is 20.2 Å². The van der Waals surface area contributed by atoms with Crippen molar-refractivity contribution in [3.8, 4) is 0 Å². The normalized spacial score (nSPS) is 14.2. The second-order valence-electron chi connectivity index (χ2n) is 5.19. The quantitative estimate of drug-likeness (QED) is 0.946. The molecule has 0 unspecified atom stereocenters. The molecule has 0 aliphatic carbocycles. The molecule has 1 aliphatic heterocycles. The number of amides is 1. The molecule has 1 aliphatic rings. The Hall–Kier alpha value is -2.50. The molecule has 4 nitrogen and oxygen atoms in total. The summed E-state index contributed by atoms with van der Waals surface area (Å²) in [4.78, 5) is 18.1. The van der Waals surface area contributed by atoms with Crippen molar-refractivity contribution in [2.75, 3.05) is 18.4 Å². The number of pyridine rings is 1. The fourth-order valence-electron chi connectivity index (χ4n) is 2.42. The van der Waals surface area contributed by atoms with E-state index < -0.39 is 11.6 Å². The fraction of sp³-hybridized carbons (Fsp3) is 0.250. The van der Waals surface area contributed by atoms with Gasteiger partial charge in [-0.2, -0.15) is 0 Å². The SMILES string of the molecule is O=C(c1ccc(Nc2ccc(F)c(F)c2)cn1)N1CCCC1. The first-order valence-electron chi connectivity index (χ1n) is 7.11. The predicted molar refractivity (Wildman–Crippen MR) is 79.0 cm³/mol. The van der Waals surface area contributed by atoms with Crippen molar-refractivity contribution in [1.29, 1.82) is 0 Å². The van der Waals surface area contributed by atoms with Crippen LogP contribution < -0.4 is 5.32 Å². The van der Waals surface area contributed by atoms with E-state index in [0.29, 0.717) is 17.1 Å². The van der Waals surface area contributed by atoms with Crippen molar-refractivity contribution >= 4 is 17.3 Å². The van der Waals surface area contributed by atoms with Crippen LogP contribution in [0.5, 0.6) is 0 Å². The second kappa shape index (κ2) is 6.09. The molecule has 0 spiro atoms. The van der Waals surface area contributed by atoms with Crippen molar-refractivity contribution in [3.05, 3.63) is 53.9 Å². The van der Waals surface area contributed by atoms with E-state index in [1.54, 1.807) is 17.0 Å². The Morgan fingerprint density at radius 3 is 2.41 bits per heavy atom. The first-order chi connectivity index (χ1) is 10.6. The van der Waals surface area contributed by atoms with Crippen LogP contribution in [0.2, 0.25) is 0 Å². The maximum absolute atomic E-state index is 13.1. The fourth-order valence-corrected chi connectivity index (χ4v) is 2.42. The summed E-state index contributed by atoms with van der Waals surface area (Å²) in [5, 5.41) is 2.91. The Labute approximate surface area is 126 Å². The number of carbonyl (C=O) groups excluding carboxylic acids is 1. The highest BCUT2D eigenvalue weighted by Crippen LogP contribution is 2.19. The van der Waals surface area contributed by atoms with Crippen molar-refractivity contribution in [1.82, 2.24) is 9.88 Å². The molecule has 1 amide bonds. The largest absolute Gasteiger partial charge is 0.354 e. The smallest absolute Gasteiger partial charge is 0.272 e. The highest BCUT2D eigenvalue weighted by Gasteiger charge is 2.20. The Morgan fingerprint density at radius 2 is 1.77 bits per heavy atom. The minimum atomic E-state index is -0.918. The number of likely N-dealkylation sites (tertiary alicyclic amines) is 1. The Kier molecular flexibility index (Phi) is 4.00. The van der Waals surface area contributed by atoms with Gasteiger partial charge >= 0.3 is 0 Å². The first kappa shape index (κ1) is 14.4. The van der Waals surface area contributed by atoms with Crippen molar-refractivity contribution in [2.24, 2.45) is 0 Å². The number of rotatable bonds is 3. The highest BCUT2D eigenvalue weighted by atomic mass is 19.2. The van der Waals surface area contributed by atoms with E-state index in [0.717, 1.165) is 38.1 Å². The minimum absolute atomic E-state index is 0.0723. The lowest BCUT2D eigenvalue weighted by Gasteiger charge is -2.14. The monoisotopic (exact) mass is 303 g/mol. The summed E-state index contributed by atoms with van der Waals surface area (Å²) in [7, 11) is 0. The number of carbonyl (C=O) groups is 1. The van der Waals surface area contributed by atoms with Gasteiger partial charge in [0.2, 0.25) is 0 Å². The molecule has 1 aromatic heterocycles. The molecule has 1 saturated heterocycles. The van der Waals surface area contributed by atoms with Crippen LogP contribution in [0.15, 0.2) is 36.5 Å². The van der Waals surface area contributed by atoms with Crippen LogP contribution in [0.25, 0.3) is 0 Å². The average molecular weight is 303 g/mol. The van der Waals surface area contributed by atoms with Crippen molar-refractivity contribution in [2.45, 2.75) is 12.8 Å². The van der Waals surface area contributed by atoms with Gasteiger partial charge in [0, 0.05) is 24.8 Å². The van der Waals surface area contributed by atoms with E-state index in [1.165, 1.54) is 12.3 Å². The van der Waals surface area contributed by atoms with Gasteiger partial charge in [0.1, 0.15) is 5.69 Å². The summed E-state index contributed by atoms with van der Waals surface area (Å²) in [5.74, 6) is -1.88. The number of benzene rings is 1. The number of hydrogen-bond donors (Lipinski definition) is 1. The van der Waals surface area contributed by atoms with E-state index in [1.807, 2.05) is 0 Å². The lowest BCUT2D eigenvalue weighted by Crippen LogP contribution is -2.28. The molecule has 0 radical (unpaired) electrons. The van der Waals surface area contributed by atoms with Crippen LogP contribution >= 0.6 is 0 Å². The molecule has 0 atom stereocenters. The number of aromatic nitrogens is 1. The molecule has 22 heavy (non-hydrogen) atoms. The molecule has 6 heteroatoms. The third kappa shape index (κ3) is 3.05. The van der Waals surface area contributed by atoms with Gasteiger partial charge in [-0.25, -0.2) is 13.8 Å². The van der Waals surface area contributed by atoms with Crippen molar-refractivity contribution < 1.29 is 13.6 Å². The predicted octanol–water partition coefficient (Wildman–Crippen LogP) is 3.34. The molecule has 3 rings (SSSR count). The van der Waals surface area contributed by atoms with E-state index >= 15 is 0 Å². The molecular formula is C16H15F2N3O. The number of hydrogen-bond acceptors (Lipinski definition) is 3. The van der Waals surface area contributed by atoms with Crippen LogP contribution in [0.3, 0.4) is 0 Å². The van der Waals surface area contributed by atoms with E-state index in [4.69, 9.17) is 0 Å². The van der Waals surface area contributed by atoms with Gasteiger partial charge in [0.15, 0.2) is 11.6 Å². The Morgan fingerprint density at radius 1 is 1.05 bits per heavy atom. The Bertz CT molecular complexity index is 682. The molecule has 1 N–H and O–H groups in total. The first-order valence-corrected chi connectivity index (χ1v) is 7.11. The van der Waals surface area contributed by atoms with Gasteiger partial charge in [-0.1, -0.05) is 0 Å². The van der Waals surface area contributed by atoms with Crippen molar-refractivity contribution in [3.63, 3.8) is 0 Å². The van der Waals surface area contributed by atoms with Crippen LogP contribution in [0, 0.1) is 11.6 Å². The maximum Gasteiger partial charge on any atom is 0.272 e. The summed E-state index contributed by atoms with van der Waals surface area (Å²) < 4.78 is 26.0. The summed E-state index contributed by atoms with van der Waals surface area (Å²) in [6.07, 6.45) is 3.56. The van der Waals surface area contributed by atoms with Gasteiger partial charge in [0.25, 0.3) is 5.91 Å². The van der Waals surface area contributed by atoms with E-state index in [9.17, 15) is 13.6 Å². The zero-order valence-electron chi connectivity index (χ0n) is 11.9. The summed E-state index contributed by atoms with van der Waals surface area (Å²) in [6, 6.07) is 6.87. The average Bonchev–Trinajstić information content (AvgIpc) is 3.05. The molecule has 1 fully saturated rings. The van der Waals surface area contributed by atoms with Gasteiger partial charge in [-0.3, -0.25) is 4.79 Å². The number of nitrogens with one attached hydrogen (secondary N) is 1. The van der Waals surface area contributed by atoms with Crippen LogP contribution in [0.1, 0.15) is 23.3 Å². The van der Waals surface area contributed by atoms with Crippen LogP contribution in [-0.4, -0.2) is 28.9 Å². The molecule has 1 aromatic carbocycles. The molecule has 0 bridgehead atoms. The molecular weight excluding hydrogens is 288 g/mol. The zero-order chi connectivity index (χ0) is 15.5. The summed E-state index contributed by atoms with van der Waals surface area (Å²) in [5.41, 5.74) is 1.40. The van der Waals surface area contributed by atoms with Gasteiger partial charge < -0.3 is 10.2 Å². The van der Waals surface area contributed by atoms with Gasteiger partial charge in [-0.05, 0) is 37.1 Å². The Balaban J connectivity index is 1.70. The third-order valence-corrected chi connectivity index (χ3v) is 3.58. The molecule has 2 heterocycles. The number of nitrogens with zero attached hydrogens (tertiary/aromatic N) is 2. The maximum atomic E-state index is 13.1. The highest BCUT2D eigenvalue weighted by molar-refractivity contribution is 5.92. The standard InChI is InChI=1S/C16H15F2N3O/c17-13-5-3-11(9-14(13)18)20-12-4-6-15(19-10-12)16(22)21-7-1-2-8-21/h3-6,9-10,20H,1-2,7-8H2. The lowest BCUT2D eigenvalue weighted by molar-refractivity contribution is 0.0787. The summed E-state index contributed by atoms with van der Waals surface area (Å²) in [6.45, 7) is 1.55. The minimum Gasteiger partial charge on any atom is -0.354 e. The number of halogens is 2. The molecule has 0 saturated carbocycles.